The van der Waals surface area contributed by atoms with Crippen molar-refractivity contribution in [3.8, 4) is 0 Å². The molecule has 0 aromatic heterocycles. The van der Waals surface area contributed by atoms with Gasteiger partial charge >= 0.3 is 0 Å². The molecule has 0 amide bonds. The van der Waals surface area contributed by atoms with E-state index in [0.717, 1.165) is 7.11 Å². The van der Waals surface area contributed by atoms with Crippen molar-refractivity contribution < 1.29 is 41.5 Å². The molecule has 0 rings (SSSR count). The van der Waals surface area contributed by atoms with Crippen LogP contribution in [-0.4, -0.2) is 19.6 Å². The lowest BCUT2D eigenvalue weighted by Crippen LogP contribution is -2.11. The number of hydrogen-bond acceptors (Lipinski definition) is 8. The van der Waals surface area contributed by atoms with Crippen LogP contribution in [0.5, 0.6) is 0 Å². The van der Waals surface area contributed by atoms with Gasteiger partial charge in [0.1, 0.15) is 0 Å². The van der Waals surface area contributed by atoms with E-state index in [1.807, 2.05) is 0 Å². The summed E-state index contributed by atoms with van der Waals surface area (Å²) in [6.45, 7) is 0. The summed E-state index contributed by atoms with van der Waals surface area (Å²) in [5, 5.41) is 0. The Kier molecular flexibility index (Phi) is 4.74. The fourth-order valence-corrected chi connectivity index (χ4v) is 3.09. The predicted octanol–water partition coefficient (Wildman–Crippen LogP) is -1.13. The van der Waals surface area contributed by atoms with Gasteiger partial charge in [-0.3, -0.25) is 13.4 Å². The highest BCUT2D eigenvalue weighted by Gasteiger charge is 2.19. The molecule has 83 valence electrons. The predicted molar refractivity (Wildman–Crippen MR) is 40.0 cm³/mol. The van der Waals surface area contributed by atoms with Gasteiger partial charge < -0.3 is 31.3 Å². The third-order valence-corrected chi connectivity index (χ3v) is 4.52. The molecule has 0 aliphatic carbocycles. The zero-order valence-corrected chi connectivity index (χ0v) is 9.32. The van der Waals surface area contributed by atoms with E-state index >= 15 is 0 Å². The van der Waals surface area contributed by atoms with Crippen molar-refractivity contribution in [2.45, 2.75) is 0 Å². The summed E-state index contributed by atoms with van der Waals surface area (Å²) in [4.78, 5) is 28.5. The molecule has 1 N–H and O–H groups in total. The first-order valence-electron chi connectivity index (χ1n) is 2.69. The third-order valence-electron chi connectivity index (χ3n) is 0.671. The van der Waals surface area contributed by atoms with Gasteiger partial charge in [0.15, 0.2) is 0 Å². The van der Waals surface area contributed by atoms with E-state index < -0.39 is 23.1 Å². The van der Waals surface area contributed by atoms with Gasteiger partial charge in [-0.05, 0) is 0 Å². The van der Waals surface area contributed by atoms with Crippen LogP contribution in [0.2, 0.25) is 0 Å². The summed E-state index contributed by atoms with van der Waals surface area (Å²) >= 11 is 0. The largest absolute Gasteiger partial charge is 0.756 e. The Bertz CT molecular complexity index is 329. The highest BCUT2D eigenvalue weighted by Crippen LogP contribution is 2.62. The Hall–Kier alpha value is 0.515. The second-order valence-electron chi connectivity index (χ2n) is 1.80. The van der Waals surface area contributed by atoms with Crippen LogP contribution in [0.4, 0.5) is 0 Å². The first-order chi connectivity index (χ1) is 5.97. The van der Waals surface area contributed by atoms with E-state index in [1.165, 1.54) is 0 Å². The highest BCUT2D eigenvalue weighted by atomic mass is 31.3. The van der Waals surface area contributed by atoms with Gasteiger partial charge in [-0.25, -0.2) is 4.31 Å². The molecule has 14 heavy (non-hydrogen) atoms. The monoisotopic (exact) mass is 264 g/mol. The maximum absolute atomic E-state index is 10.7. The Labute approximate surface area is 80.1 Å². The second-order valence-corrected chi connectivity index (χ2v) is 6.38. The van der Waals surface area contributed by atoms with Crippen LogP contribution in [-0.2, 0) is 26.8 Å². The van der Waals surface area contributed by atoms with Crippen LogP contribution in [0.1, 0.15) is 0 Å². The zero-order chi connectivity index (χ0) is 11.6. The molecule has 0 heterocycles. The molecule has 0 aliphatic rings. The molecule has 3 atom stereocenters. The van der Waals surface area contributed by atoms with Gasteiger partial charge in [-0.1, -0.05) is 0 Å². The maximum atomic E-state index is 10.7. The standard InChI is InChI=1S/CH6BO9P3/c1-9-12(2,3)10-14(7,8)11-13(4,5)6/h1H3,(H,7,8)(H2,4,5,6)/q-1/p-2. The first kappa shape index (κ1) is 14.5. The third kappa shape index (κ3) is 6.89. The molecule has 13 heteroatoms. The fraction of sp³-hybridized carbons (Fsp3) is 1.00. The van der Waals surface area contributed by atoms with Crippen molar-refractivity contribution in [1.82, 2.24) is 0 Å². The minimum absolute atomic E-state index is 0.760. The topological polar surface area (TPSA) is 145 Å². The second kappa shape index (κ2) is 4.57. The summed E-state index contributed by atoms with van der Waals surface area (Å²) in [6, 6.07) is 0. The molecule has 0 saturated heterocycles. The van der Waals surface area contributed by atoms with Gasteiger partial charge in [0.2, 0.25) is 0 Å². The lowest BCUT2D eigenvalue weighted by molar-refractivity contribution is -0.236. The van der Waals surface area contributed by atoms with Crippen molar-refractivity contribution in [2.24, 2.45) is 0 Å². The Morgan fingerprint density at radius 3 is 1.93 bits per heavy atom. The van der Waals surface area contributed by atoms with Crippen molar-refractivity contribution >= 4 is 30.7 Å². The Balaban J connectivity index is 4.60. The summed E-state index contributed by atoms with van der Waals surface area (Å²) in [7, 11) is -10.2. The maximum Gasteiger partial charge on any atom is 0.279 e. The normalized spacial score (nSPS) is 24.6. The average Bonchev–Trinajstić information content (AvgIpc) is 1.78. The van der Waals surface area contributed by atoms with Gasteiger partial charge in [0, 0.05) is 7.11 Å². The van der Waals surface area contributed by atoms with Gasteiger partial charge in [-0.15, -0.1) is 0 Å². The highest BCUT2D eigenvalue weighted by molar-refractivity contribution is 7.83. The van der Waals surface area contributed by atoms with Crippen LogP contribution >= 0.6 is 23.1 Å². The summed E-state index contributed by atoms with van der Waals surface area (Å²) in [5.41, 5.74) is 0. The molecular weight excluding hydrogens is 260 g/mol. The van der Waals surface area contributed by atoms with E-state index in [9.17, 15) is 23.5 Å². The first-order valence-corrected chi connectivity index (χ1v) is 7.26. The molecule has 0 spiro atoms. The fourth-order valence-electron chi connectivity index (χ4n) is 0.314. The number of hydrogen-bond donors (Lipinski definition) is 1. The molecule has 0 aliphatic heterocycles. The molecule has 3 unspecified atom stereocenters. The van der Waals surface area contributed by atoms with Crippen molar-refractivity contribution in [3.63, 3.8) is 0 Å². The van der Waals surface area contributed by atoms with E-state index in [4.69, 9.17) is 4.89 Å². The Morgan fingerprint density at radius 1 is 1.21 bits per heavy atom. The summed E-state index contributed by atoms with van der Waals surface area (Å²) < 4.78 is 41.6. The molecule has 0 saturated carbocycles. The number of rotatable bonds is 5. The number of phosphoric acid groups is 2. The van der Waals surface area contributed by atoms with Gasteiger partial charge in [0.25, 0.3) is 15.6 Å². The van der Waals surface area contributed by atoms with E-state index in [2.05, 4.69) is 20.7 Å². The van der Waals surface area contributed by atoms with Crippen LogP contribution in [0.25, 0.3) is 0 Å². The SMILES string of the molecule is [B-]P(=O)(OC)OP(=O)([O-])OP(=O)([O-])O. The quantitative estimate of drug-likeness (QED) is 0.481. The summed E-state index contributed by atoms with van der Waals surface area (Å²) in [5.74, 6) is 0. The minimum atomic E-state index is -5.57. The van der Waals surface area contributed by atoms with E-state index in [1.54, 1.807) is 0 Å². The molecule has 0 aromatic carbocycles. The van der Waals surface area contributed by atoms with Crippen LogP contribution in [0.3, 0.4) is 0 Å². The van der Waals surface area contributed by atoms with Crippen LogP contribution < -0.4 is 9.79 Å². The minimum Gasteiger partial charge on any atom is -0.756 e. The molecule has 0 aromatic rings. The molecule has 0 bridgehead atoms. The van der Waals surface area contributed by atoms with Crippen LogP contribution in [0.15, 0.2) is 0 Å². The lowest BCUT2D eigenvalue weighted by Gasteiger charge is -2.33. The average molecular weight is 264 g/mol. The van der Waals surface area contributed by atoms with Crippen molar-refractivity contribution in [3.05, 3.63) is 0 Å². The molecule has 9 nitrogen and oxygen atoms in total. The Morgan fingerprint density at radius 2 is 1.64 bits per heavy atom. The molecular formula is CH4BO9P3-3. The van der Waals surface area contributed by atoms with Gasteiger partial charge in [-0.2, -0.15) is 0 Å². The van der Waals surface area contributed by atoms with E-state index in [-0.39, 0.29) is 0 Å². The van der Waals surface area contributed by atoms with Crippen molar-refractivity contribution in [2.75, 3.05) is 7.11 Å². The van der Waals surface area contributed by atoms with E-state index in [0.29, 0.717) is 0 Å². The molecule has 0 fully saturated rings. The van der Waals surface area contributed by atoms with Crippen LogP contribution in [0, 0.1) is 0 Å². The smallest absolute Gasteiger partial charge is 0.279 e. The van der Waals surface area contributed by atoms with Gasteiger partial charge in [0.05, 0.1) is 7.47 Å². The van der Waals surface area contributed by atoms with Crippen molar-refractivity contribution in [1.29, 1.82) is 0 Å². The lowest BCUT2D eigenvalue weighted by atomic mass is 10.8. The zero-order valence-electron chi connectivity index (χ0n) is 6.63. The summed E-state index contributed by atoms with van der Waals surface area (Å²) in [6.07, 6.45) is 0. The molecule has 3 radical (unpaired) electrons.